The third-order valence-corrected chi connectivity index (χ3v) is 5.72. The quantitative estimate of drug-likeness (QED) is 0.903. The zero-order valence-corrected chi connectivity index (χ0v) is 14.7. The molecule has 2 aliphatic heterocycles. The third-order valence-electron chi connectivity index (χ3n) is 5.20. The van der Waals surface area contributed by atoms with Crippen molar-refractivity contribution in [2.75, 3.05) is 19.7 Å². The highest BCUT2D eigenvalue weighted by Crippen LogP contribution is 2.41. The maximum Gasteiger partial charge on any atom is 0.250 e. The zero-order chi connectivity index (χ0) is 16.5. The van der Waals surface area contributed by atoms with Crippen LogP contribution in [0.25, 0.3) is 0 Å². The van der Waals surface area contributed by atoms with Crippen LogP contribution in [0, 0.1) is 12.8 Å². The second-order valence-corrected chi connectivity index (χ2v) is 7.45. The lowest BCUT2D eigenvalue weighted by molar-refractivity contribution is 0.144. The van der Waals surface area contributed by atoms with Crippen molar-refractivity contribution in [2.45, 2.75) is 38.3 Å². The highest BCUT2D eigenvalue weighted by molar-refractivity contribution is 6.99. The van der Waals surface area contributed by atoms with Crippen molar-refractivity contribution < 1.29 is 9.84 Å². The van der Waals surface area contributed by atoms with E-state index in [0.717, 1.165) is 38.0 Å². The van der Waals surface area contributed by atoms with Crippen LogP contribution in [0.2, 0.25) is 0 Å². The summed E-state index contributed by atoms with van der Waals surface area (Å²) < 4.78 is 14.8. The largest absolute Gasteiger partial charge is 0.475 e. The lowest BCUT2D eigenvalue weighted by atomic mass is 9.93. The number of piperidine rings is 1. The van der Waals surface area contributed by atoms with Crippen LogP contribution in [-0.4, -0.2) is 44.6 Å². The Kier molecular flexibility index (Phi) is 4.52. The summed E-state index contributed by atoms with van der Waals surface area (Å²) in [4.78, 5) is 2.34. The Hall–Kier alpha value is -1.50. The van der Waals surface area contributed by atoms with Crippen molar-refractivity contribution in [3.05, 3.63) is 41.1 Å². The lowest BCUT2D eigenvalue weighted by Gasteiger charge is -2.30. The van der Waals surface area contributed by atoms with E-state index in [4.69, 9.17) is 4.74 Å². The molecule has 1 N–H and O–H groups in total. The number of fused-ring (bicyclic) bond motifs is 2. The molecule has 0 radical (unpaired) electrons. The van der Waals surface area contributed by atoms with E-state index >= 15 is 0 Å². The van der Waals surface area contributed by atoms with Gasteiger partial charge in [0.15, 0.2) is 0 Å². The molecule has 0 saturated carbocycles. The summed E-state index contributed by atoms with van der Waals surface area (Å²) in [5, 5.41) is 10.1. The van der Waals surface area contributed by atoms with Crippen molar-refractivity contribution in [3.63, 3.8) is 0 Å². The van der Waals surface area contributed by atoms with Crippen LogP contribution in [0.3, 0.4) is 0 Å². The third kappa shape index (κ3) is 3.18. The molecule has 6 heteroatoms. The number of nitrogens with zero attached hydrogens (tertiary/aromatic N) is 3. The number of aryl methyl sites for hydroxylation is 1. The molecule has 24 heavy (non-hydrogen) atoms. The van der Waals surface area contributed by atoms with E-state index in [2.05, 4.69) is 44.8 Å². The van der Waals surface area contributed by atoms with Gasteiger partial charge in [-0.2, -0.15) is 4.37 Å². The molecule has 0 spiro atoms. The van der Waals surface area contributed by atoms with Crippen molar-refractivity contribution in [1.29, 1.82) is 0 Å². The number of aliphatic hydroxyl groups excluding tert-OH is 1. The van der Waals surface area contributed by atoms with E-state index < -0.39 is 0 Å². The van der Waals surface area contributed by atoms with Gasteiger partial charge in [-0.3, -0.25) is 4.90 Å². The van der Waals surface area contributed by atoms with E-state index in [-0.39, 0.29) is 12.1 Å². The molecule has 1 aromatic carbocycles. The summed E-state index contributed by atoms with van der Waals surface area (Å²) in [5.41, 5.74) is 3.51. The van der Waals surface area contributed by atoms with Gasteiger partial charge in [0, 0.05) is 19.5 Å². The Morgan fingerprint density at radius 1 is 1.29 bits per heavy atom. The van der Waals surface area contributed by atoms with Crippen molar-refractivity contribution in [1.82, 2.24) is 13.6 Å². The average molecular weight is 345 g/mol. The van der Waals surface area contributed by atoms with E-state index in [1.54, 1.807) is 0 Å². The predicted molar refractivity (Wildman–Crippen MR) is 93.3 cm³/mol. The Labute approximate surface area is 146 Å². The minimum atomic E-state index is -0.188. The SMILES string of the molecule is Cc1cccc(CCOc2nsnc2C2CCC3CN2CC3O)c1. The molecule has 0 amide bonds. The van der Waals surface area contributed by atoms with Gasteiger partial charge in [-0.25, -0.2) is 0 Å². The number of aliphatic hydroxyl groups is 1. The van der Waals surface area contributed by atoms with Gasteiger partial charge in [-0.05, 0) is 31.2 Å². The maximum atomic E-state index is 10.1. The van der Waals surface area contributed by atoms with Crippen molar-refractivity contribution >= 4 is 11.7 Å². The standard InChI is InChI=1S/C18H23N3O2S/c1-12-3-2-4-13(9-12)7-8-23-18-17(19-24-20-18)15-6-5-14-10-21(15)11-16(14)22/h2-4,9,14-16,22H,5-8,10-11H2,1H3. The monoisotopic (exact) mass is 345 g/mol. The van der Waals surface area contributed by atoms with Gasteiger partial charge < -0.3 is 9.84 Å². The molecular weight excluding hydrogens is 322 g/mol. The Morgan fingerprint density at radius 2 is 2.21 bits per heavy atom. The maximum absolute atomic E-state index is 10.1. The molecule has 4 atom stereocenters. The number of benzene rings is 1. The average Bonchev–Trinajstić information content (AvgIpc) is 3.14. The normalized spacial score (nSPS) is 28.9. The highest BCUT2D eigenvalue weighted by atomic mass is 32.1. The molecule has 2 fully saturated rings. The first-order valence-corrected chi connectivity index (χ1v) is 9.36. The molecule has 5 nitrogen and oxygen atoms in total. The smallest absolute Gasteiger partial charge is 0.250 e. The van der Waals surface area contributed by atoms with E-state index in [1.165, 1.54) is 22.9 Å². The minimum absolute atomic E-state index is 0.188. The van der Waals surface area contributed by atoms with Crippen molar-refractivity contribution in [2.24, 2.45) is 5.92 Å². The Bertz CT molecular complexity index is 703. The Balaban J connectivity index is 1.40. The molecule has 2 bridgehead atoms. The van der Waals surface area contributed by atoms with Crippen LogP contribution in [-0.2, 0) is 6.42 Å². The first-order chi connectivity index (χ1) is 11.7. The number of hydrogen-bond acceptors (Lipinski definition) is 6. The van der Waals surface area contributed by atoms with Gasteiger partial charge in [0.2, 0.25) is 0 Å². The number of hydrogen-bond donors (Lipinski definition) is 1. The summed E-state index contributed by atoms with van der Waals surface area (Å²) in [6, 6.07) is 8.75. The first-order valence-electron chi connectivity index (χ1n) is 8.63. The van der Waals surface area contributed by atoms with Gasteiger partial charge in [0.05, 0.1) is 30.5 Å². The lowest BCUT2D eigenvalue weighted by Crippen LogP contribution is -2.31. The molecule has 4 rings (SSSR count). The molecule has 4 unspecified atom stereocenters. The van der Waals surface area contributed by atoms with E-state index in [1.807, 2.05) is 0 Å². The second kappa shape index (κ2) is 6.78. The minimum Gasteiger partial charge on any atom is -0.475 e. The fraction of sp³-hybridized carbons (Fsp3) is 0.556. The summed E-state index contributed by atoms with van der Waals surface area (Å²) in [5.74, 6) is 1.11. The second-order valence-electron chi connectivity index (χ2n) is 6.92. The van der Waals surface area contributed by atoms with Gasteiger partial charge >= 0.3 is 0 Å². The number of ether oxygens (including phenoxy) is 1. The summed E-state index contributed by atoms with van der Waals surface area (Å²) in [6.07, 6.45) is 2.77. The molecule has 128 valence electrons. The number of rotatable bonds is 5. The molecule has 2 saturated heterocycles. The van der Waals surface area contributed by atoms with Crippen LogP contribution in [0.4, 0.5) is 0 Å². The zero-order valence-electron chi connectivity index (χ0n) is 13.9. The summed E-state index contributed by atoms with van der Waals surface area (Å²) in [6.45, 7) is 4.43. The van der Waals surface area contributed by atoms with Crippen LogP contribution in [0.5, 0.6) is 5.88 Å². The summed E-state index contributed by atoms with van der Waals surface area (Å²) >= 11 is 1.22. The van der Waals surface area contributed by atoms with Crippen LogP contribution in [0.15, 0.2) is 24.3 Å². The highest BCUT2D eigenvalue weighted by Gasteiger charge is 2.42. The Morgan fingerprint density at radius 3 is 3.08 bits per heavy atom. The van der Waals surface area contributed by atoms with Gasteiger partial charge in [0.25, 0.3) is 5.88 Å². The van der Waals surface area contributed by atoms with E-state index in [0.29, 0.717) is 18.4 Å². The van der Waals surface area contributed by atoms with Gasteiger partial charge in [-0.15, -0.1) is 4.37 Å². The predicted octanol–water partition coefficient (Wildman–Crippen LogP) is 2.60. The molecule has 1 aromatic heterocycles. The van der Waals surface area contributed by atoms with Gasteiger partial charge in [0.1, 0.15) is 5.69 Å². The fourth-order valence-electron chi connectivity index (χ4n) is 3.91. The van der Waals surface area contributed by atoms with Gasteiger partial charge in [-0.1, -0.05) is 29.8 Å². The summed E-state index contributed by atoms with van der Waals surface area (Å²) in [7, 11) is 0. The van der Waals surface area contributed by atoms with Crippen LogP contribution >= 0.6 is 11.7 Å². The molecule has 2 aromatic rings. The topological polar surface area (TPSA) is 58.5 Å². The molecule has 2 aliphatic rings. The van der Waals surface area contributed by atoms with Crippen LogP contribution < -0.4 is 4.74 Å². The molecular formula is C18H23N3O2S. The number of aromatic nitrogens is 2. The van der Waals surface area contributed by atoms with E-state index in [9.17, 15) is 5.11 Å². The molecule has 3 heterocycles. The fourth-order valence-corrected chi connectivity index (χ4v) is 4.46. The molecule has 0 aliphatic carbocycles. The van der Waals surface area contributed by atoms with Crippen molar-refractivity contribution in [3.8, 4) is 5.88 Å². The van der Waals surface area contributed by atoms with Crippen LogP contribution in [0.1, 0.15) is 35.7 Å². The first kappa shape index (κ1) is 16.0.